The molecular weight excluding hydrogens is 316 g/mol. The maximum atomic E-state index is 12.7. The molecule has 1 aromatic rings. The Morgan fingerprint density at radius 1 is 1.36 bits per heavy atom. The molecule has 0 unspecified atom stereocenters. The van der Waals surface area contributed by atoms with Gasteiger partial charge in [-0.25, -0.2) is 0 Å². The maximum Gasteiger partial charge on any atom is 0.252 e. The monoisotopic (exact) mass is 346 g/mol. The minimum atomic E-state index is -1.29. The highest BCUT2D eigenvalue weighted by molar-refractivity contribution is 5.92. The van der Waals surface area contributed by atoms with Gasteiger partial charge in [-0.2, -0.15) is 0 Å². The van der Waals surface area contributed by atoms with Crippen LogP contribution in [0.3, 0.4) is 0 Å². The van der Waals surface area contributed by atoms with E-state index in [1.54, 1.807) is 18.2 Å². The predicted molar refractivity (Wildman–Crippen MR) is 98.0 cm³/mol. The summed E-state index contributed by atoms with van der Waals surface area (Å²) < 4.78 is 0. The summed E-state index contributed by atoms with van der Waals surface area (Å²) in [6.45, 7) is 6.63. The summed E-state index contributed by atoms with van der Waals surface area (Å²) in [4.78, 5) is 23.9. The molecule has 138 valence electrons. The van der Waals surface area contributed by atoms with Crippen LogP contribution in [0.2, 0.25) is 0 Å². The molecule has 0 heterocycles. The average Bonchev–Trinajstić information content (AvgIpc) is 2.54. The molecule has 3 atom stereocenters. The van der Waals surface area contributed by atoms with Gasteiger partial charge in [0.2, 0.25) is 5.91 Å². The molecule has 1 fully saturated rings. The molecule has 2 rings (SSSR count). The second kappa shape index (κ2) is 8.00. The van der Waals surface area contributed by atoms with Crippen molar-refractivity contribution in [3.05, 3.63) is 35.4 Å². The van der Waals surface area contributed by atoms with Gasteiger partial charge in [0, 0.05) is 12.1 Å². The van der Waals surface area contributed by atoms with Gasteiger partial charge < -0.3 is 16.2 Å². The Kier molecular flexibility index (Phi) is 6.22. The molecule has 5 nitrogen and oxygen atoms in total. The van der Waals surface area contributed by atoms with Crippen LogP contribution in [-0.2, 0) is 11.2 Å². The van der Waals surface area contributed by atoms with Crippen molar-refractivity contribution < 1.29 is 14.7 Å². The number of hydrogen-bond acceptors (Lipinski definition) is 3. The van der Waals surface area contributed by atoms with Crippen LogP contribution in [0.15, 0.2) is 24.3 Å². The SMILES string of the molecule is CC(C)[C@@H]1CC[C@@H](C)C[C@@]1(O)C(=O)NCCc1cccc(C(N)=O)c1. The van der Waals surface area contributed by atoms with Crippen molar-refractivity contribution in [1.82, 2.24) is 5.32 Å². The van der Waals surface area contributed by atoms with Gasteiger partial charge in [0.1, 0.15) is 5.60 Å². The van der Waals surface area contributed by atoms with Crippen LogP contribution in [0.5, 0.6) is 0 Å². The van der Waals surface area contributed by atoms with E-state index in [0.717, 1.165) is 18.4 Å². The van der Waals surface area contributed by atoms with E-state index in [1.807, 2.05) is 6.07 Å². The molecule has 0 radical (unpaired) electrons. The molecule has 1 saturated carbocycles. The fourth-order valence-corrected chi connectivity index (χ4v) is 3.99. The van der Waals surface area contributed by atoms with E-state index in [-0.39, 0.29) is 17.7 Å². The second-order valence-corrected chi connectivity index (χ2v) is 7.73. The number of carbonyl (C=O) groups excluding carboxylic acids is 2. The second-order valence-electron chi connectivity index (χ2n) is 7.73. The summed E-state index contributed by atoms with van der Waals surface area (Å²) in [6.07, 6.45) is 3.03. The third-order valence-corrected chi connectivity index (χ3v) is 5.35. The Morgan fingerprint density at radius 3 is 2.72 bits per heavy atom. The Hall–Kier alpha value is -1.88. The van der Waals surface area contributed by atoms with Crippen molar-refractivity contribution in [3.8, 4) is 0 Å². The van der Waals surface area contributed by atoms with E-state index in [1.165, 1.54) is 0 Å². The quantitative estimate of drug-likeness (QED) is 0.738. The zero-order valence-electron chi connectivity index (χ0n) is 15.4. The van der Waals surface area contributed by atoms with Crippen LogP contribution in [0.4, 0.5) is 0 Å². The van der Waals surface area contributed by atoms with E-state index >= 15 is 0 Å². The van der Waals surface area contributed by atoms with Crippen molar-refractivity contribution in [1.29, 1.82) is 0 Å². The molecule has 1 aromatic carbocycles. The van der Waals surface area contributed by atoms with Crippen LogP contribution in [0, 0.1) is 17.8 Å². The normalized spacial score (nSPS) is 26.4. The molecule has 0 spiro atoms. The number of aliphatic hydroxyl groups is 1. The smallest absolute Gasteiger partial charge is 0.252 e. The standard InChI is InChI=1S/C20H30N2O3/c1-13(2)17-8-7-14(3)12-20(17,25)19(24)22-10-9-15-5-4-6-16(11-15)18(21)23/h4-6,11,13-14,17,25H,7-10,12H2,1-3H3,(H2,21,23)(H,22,24)/t14-,17+,20+/m1/s1. The summed E-state index contributed by atoms with van der Waals surface area (Å²) in [5, 5.41) is 14.0. The predicted octanol–water partition coefficient (Wildman–Crippen LogP) is 2.27. The lowest BCUT2D eigenvalue weighted by molar-refractivity contribution is -0.155. The summed E-state index contributed by atoms with van der Waals surface area (Å²) in [7, 11) is 0. The largest absolute Gasteiger partial charge is 0.380 e. The fraction of sp³-hybridized carbons (Fsp3) is 0.600. The van der Waals surface area contributed by atoms with Crippen molar-refractivity contribution >= 4 is 11.8 Å². The molecule has 25 heavy (non-hydrogen) atoms. The lowest BCUT2D eigenvalue weighted by Crippen LogP contribution is -2.56. The molecule has 0 bridgehead atoms. The Labute approximate surface area is 150 Å². The number of benzene rings is 1. The van der Waals surface area contributed by atoms with Crippen molar-refractivity contribution in [2.75, 3.05) is 6.54 Å². The first-order chi connectivity index (χ1) is 11.7. The number of amides is 2. The Balaban J connectivity index is 1.98. The van der Waals surface area contributed by atoms with Gasteiger partial charge in [-0.3, -0.25) is 9.59 Å². The van der Waals surface area contributed by atoms with Gasteiger partial charge in [-0.1, -0.05) is 39.3 Å². The highest BCUT2D eigenvalue weighted by atomic mass is 16.3. The molecule has 1 aliphatic rings. The minimum absolute atomic E-state index is 0.0121. The first-order valence-corrected chi connectivity index (χ1v) is 9.13. The van der Waals surface area contributed by atoms with E-state index in [4.69, 9.17) is 5.73 Å². The molecule has 0 aromatic heterocycles. The topological polar surface area (TPSA) is 92.4 Å². The minimum Gasteiger partial charge on any atom is -0.380 e. The molecule has 1 aliphatic carbocycles. The van der Waals surface area contributed by atoms with Crippen LogP contribution in [0.1, 0.15) is 56.0 Å². The Bertz CT molecular complexity index is 629. The summed E-state index contributed by atoms with van der Waals surface area (Å²) in [6, 6.07) is 7.09. The van der Waals surface area contributed by atoms with Gasteiger partial charge in [0.15, 0.2) is 0 Å². The average molecular weight is 346 g/mol. The number of hydrogen-bond donors (Lipinski definition) is 3. The zero-order valence-corrected chi connectivity index (χ0v) is 15.4. The van der Waals surface area contributed by atoms with Crippen molar-refractivity contribution in [2.24, 2.45) is 23.5 Å². The lowest BCUT2D eigenvalue weighted by atomic mass is 9.66. The van der Waals surface area contributed by atoms with Gasteiger partial charge >= 0.3 is 0 Å². The number of nitrogens with one attached hydrogen (secondary N) is 1. The fourth-order valence-electron chi connectivity index (χ4n) is 3.99. The highest BCUT2D eigenvalue weighted by Crippen LogP contribution is 2.41. The van der Waals surface area contributed by atoms with Gasteiger partial charge in [0.25, 0.3) is 5.91 Å². The number of carbonyl (C=O) groups is 2. The summed E-state index contributed by atoms with van der Waals surface area (Å²) >= 11 is 0. The summed E-state index contributed by atoms with van der Waals surface area (Å²) in [5.41, 5.74) is 5.39. The molecule has 0 aliphatic heterocycles. The molecular formula is C20H30N2O3. The zero-order chi connectivity index (χ0) is 18.6. The van der Waals surface area contributed by atoms with Crippen molar-refractivity contribution in [2.45, 2.75) is 52.1 Å². The summed E-state index contributed by atoms with van der Waals surface area (Å²) in [5.74, 6) is -0.143. The van der Waals surface area contributed by atoms with E-state index < -0.39 is 11.5 Å². The van der Waals surface area contributed by atoms with Crippen LogP contribution in [0.25, 0.3) is 0 Å². The van der Waals surface area contributed by atoms with Crippen molar-refractivity contribution in [3.63, 3.8) is 0 Å². The third kappa shape index (κ3) is 4.60. The van der Waals surface area contributed by atoms with Crippen LogP contribution >= 0.6 is 0 Å². The highest BCUT2D eigenvalue weighted by Gasteiger charge is 2.48. The number of primary amides is 1. The van der Waals surface area contributed by atoms with Gasteiger partial charge in [0.05, 0.1) is 0 Å². The number of rotatable bonds is 6. The Morgan fingerprint density at radius 2 is 2.08 bits per heavy atom. The molecule has 4 N–H and O–H groups in total. The lowest BCUT2D eigenvalue weighted by Gasteiger charge is -2.43. The maximum absolute atomic E-state index is 12.7. The first-order valence-electron chi connectivity index (χ1n) is 9.13. The van der Waals surface area contributed by atoms with Crippen LogP contribution < -0.4 is 11.1 Å². The van der Waals surface area contributed by atoms with E-state index in [0.29, 0.717) is 30.9 Å². The molecule has 5 heteroatoms. The van der Waals surface area contributed by atoms with Gasteiger partial charge in [-0.15, -0.1) is 0 Å². The molecule has 2 amide bonds. The third-order valence-electron chi connectivity index (χ3n) is 5.35. The van der Waals surface area contributed by atoms with E-state index in [2.05, 4.69) is 26.1 Å². The van der Waals surface area contributed by atoms with Gasteiger partial charge in [-0.05, 0) is 54.7 Å². The van der Waals surface area contributed by atoms with Crippen LogP contribution in [-0.4, -0.2) is 29.1 Å². The first kappa shape index (κ1) is 19.4. The van der Waals surface area contributed by atoms with E-state index in [9.17, 15) is 14.7 Å². The number of nitrogens with two attached hydrogens (primary N) is 1. The molecule has 0 saturated heterocycles.